The smallest absolute Gasteiger partial charge is 0.354 e. The zero-order valence-electron chi connectivity index (χ0n) is 14.7. The summed E-state index contributed by atoms with van der Waals surface area (Å²) in [6.45, 7) is 0.398. The van der Waals surface area contributed by atoms with E-state index < -0.39 is 16.5 Å². The first-order valence-corrected chi connectivity index (χ1v) is 8.33. The second kappa shape index (κ2) is 7.72. The summed E-state index contributed by atoms with van der Waals surface area (Å²) >= 11 is 0. The fraction of sp³-hybridized carbons (Fsp3) is 0.118. The molecular weight excluding hydrogens is 384 g/mol. The van der Waals surface area contributed by atoms with Gasteiger partial charge in [-0.05, 0) is 29.8 Å². The number of aromatic nitrogens is 2. The van der Waals surface area contributed by atoms with Gasteiger partial charge in [-0.2, -0.15) is 0 Å². The molecule has 12 heteroatoms. The van der Waals surface area contributed by atoms with Crippen molar-refractivity contribution in [3.05, 3.63) is 64.4 Å². The highest BCUT2D eigenvalue weighted by atomic mass is 16.7. The molecule has 0 atom stereocenters. The molecule has 2 aromatic heterocycles. The molecule has 0 aliphatic carbocycles. The van der Waals surface area contributed by atoms with Crippen molar-refractivity contribution in [3.8, 4) is 11.5 Å². The maximum absolute atomic E-state index is 11.9. The number of benzene rings is 1. The van der Waals surface area contributed by atoms with Gasteiger partial charge in [0.05, 0.1) is 11.2 Å². The predicted octanol–water partition coefficient (Wildman–Crippen LogP) is 2.08. The zero-order chi connectivity index (χ0) is 20.2. The van der Waals surface area contributed by atoms with Crippen LogP contribution in [0.25, 0.3) is 0 Å². The van der Waals surface area contributed by atoms with E-state index >= 15 is 0 Å². The van der Waals surface area contributed by atoms with Gasteiger partial charge >= 0.3 is 11.6 Å². The van der Waals surface area contributed by atoms with Crippen LogP contribution in [0.5, 0.6) is 11.5 Å². The van der Waals surface area contributed by atoms with Crippen molar-refractivity contribution in [2.45, 2.75) is 6.54 Å². The van der Waals surface area contributed by atoms with Crippen LogP contribution in [-0.4, -0.2) is 27.6 Å². The van der Waals surface area contributed by atoms with Gasteiger partial charge < -0.3 is 19.2 Å². The van der Waals surface area contributed by atoms with Crippen molar-refractivity contribution in [2.75, 3.05) is 17.5 Å². The van der Waals surface area contributed by atoms with Crippen LogP contribution in [0.4, 0.5) is 17.3 Å². The maximum Gasteiger partial charge on any atom is 0.354 e. The minimum Gasteiger partial charge on any atom is -0.459 e. The number of hydrogen-bond donors (Lipinski definition) is 3. The highest BCUT2D eigenvalue weighted by Crippen LogP contribution is 2.33. The number of nitrogens with zero attached hydrogens (tertiary/aromatic N) is 3. The van der Waals surface area contributed by atoms with E-state index in [2.05, 4.69) is 26.1 Å². The molecule has 3 heterocycles. The number of hydrazine groups is 1. The molecule has 12 nitrogen and oxygen atoms in total. The van der Waals surface area contributed by atoms with Crippen molar-refractivity contribution in [1.82, 2.24) is 15.4 Å². The van der Waals surface area contributed by atoms with Crippen LogP contribution >= 0.6 is 0 Å². The second-order valence-electron chi connectivity index (χ2n) is 5.77. The van der Waals surface area contributed by atoms with Crippen molar-refractivity contribution < 1.29 is 23.6 Å². The summed E-state index contributed by atoms with van der Waals surface area (Å²) in [7, 11) is 0. The Morgan fingerprint density at radius 2 is 2.00 bits per heavy atom. The van der Waals surface area contributed by atoms with E-state index in [9.17, 15) is 14.9 Å². The summed E-state index contributed by atoms with van der Waals surface area (Å²) in [5.41, 5.74) is 5.10. The number of hydrogen-bond acceptors (Lipinski definition) is 10. The van der Waals surface area contributed by atoms with E-state index in [1.165, 1.54) is 12.3 Å². The SMILES string of the molecule is O=C(NNc1ncnc(NCc2ccc3c(c2)OCO3)c1[N+](=O)[O-])c1ccco1. The Hall–Kier alpha value is -4.35. The van der Waals surface area contributed by atoms with Gasteiger partial charge in [-0.3, -0.25) is 25.8 Å². The lowest BCUT2D eigenvalue weighted by atomic mass is 10.2. The summed E-state index contributed by atoms with van der Waals surface area (Å²) < 4.78 is 15.5. The molecule has 4 rings (SSSR count). The minimum atomic E-state index is -0.649. The molecule has 1 aromatic carbocycles. The number of amides is 1. The van der Waals surface area contributed by atoms with Gasteiger partial charge in [0.2, 0.25) is 18.4 Å². The Bertz CT molecular complexity index is 1050. The highest BCUT2D eigenvalue weighted by Gasteiger charge is 2.24. The molecule has 148 valence electrons. The Morgan fingerprint density at radius 1 is 1.17 bits per heavy atom. The molecule has 0 unspecified atom stereocenters. The number of ether oxygens (including phenoxy) is 2. The molecule has 29 heavy (non-hydrogen) atoms. The molecule has 1 aliphatic heterocycles. The maximum atomic E-state index is 11.9. The van der Waals surface area contributed by atoms with Gasteiger partial charge in [0, 0.05) is 6.54 Å². The highest BCUT2D eigenvalue weighted by molar-refractivity contribution is 5.92. The van der Waals surface area contributed by atoms with Crippen LogP contribution in [0.3, 0.4) is 0 Å². The lowest BCUT2D eigenvalue weighted by molar-refractivity contribution is -0.383. The third-order valence-electron chi connectivity index (χ3n) is 3.94. The Balaban J connectivity index is 1.49. The Morgan fingerprint density at radius 3 is 2.79 bits per heavy atom. The number of fused-ring (bicyclic) bond motifs is 1. The summed E-state index contributed by atoms with van der Waals surface area (Å²) in [4.78, 5) is 30.6. The fourth-order valence-electron chi connectivity index (χ4n) is 2.59. The molecule has 3 aromatic rings. The average molecular weight is 398 g/mol. The Labute approximate surface area is 163 Å². The van der Waals surface area contributed by atoms with Crippen LogP contribution in [0.15, 0.2) is 47.3 Å². The first kappa shape index (κ1) is 18.0. The summed E-state index contributed by atoms with van der Waals surface area (Å²) in [5.74, 6) is 0.466. The number of rotatable bonds is 7. The monoisotopic (exact) mass is 398 g/mol. The Kier molecular flexibility index (Phi) is 4.80. The predicted molar refractivity (Wildman–Crippen MR) is 98.4 cm³/mol. The third kappa shape index (κ3) is 3.85. The van der Waals surface area contributed by atoms with Gasteiger partial charge in [0.15, 0.2) is 17.3 Å². The summed E-state index contributed by atoms with van der Waals surface area (Å²) in [6.07, 6.45) is 2.47. The van der Waals surface area contributed by atoms with Crippen LogP contribution < -0.4 is 25.6 Å². The molecule has 0 fully saturated rings. The number of nitro groups is 1. The molecule has 0 bridgehead atoms. The van der Waals surface area contributed by atoms with E-state index in [-0.39, 0.29) is 30.7 Å². The van der Waals surface area contributed by atoms with Gasteiger partial charge in [0.25, 0.3) is 0 Å². The molecule has 0 spiro atoms. The second-order valence-corrected chi connectivity index (χ2v) is 5.77. The standard InChI is InChI=1S/C17H14N6O6/c24-17(12-2-1-5-27-12)22-21-16-14(23(25)26)15(19-8-20-16)18-7-10-3-4-11-13(6-10)29-9-28-11/h1-6,8H,7,9H2,(H,22,24)(H2,18,19,20,21). The van der Waals surface area contributed by atoms with Crippen LogP contribution in [-0.2, 0) is 6.54 Å². The number of anilines is 2. The number of carbonyl (C=O) groups excluding carboxylic acids is 1. The van der Waals surface area contributed by atoms with Crippen molar-refractivity contribution in [3.63, 3.8) is 0 Å². The van der Waals surface area contributed by atoms with Gasteiger partial charge in [-0.1, -0.05) is 6.07 Å². The molecule has 1 aliphatic rings. The molecule has 1 amide bonds. The van der Waals surface area contributed by atoms with Crippen LogP contribution in [0.2, 0.25) is 0 Å². The summed E-state index contributed by atoms with van der Waals surface area (Å²) in [5, 5.41) is 14.5. The number of nitrogens with one attached hydrogen (secondary N) is 3. The van der Waals surface area contributed by atoms with Crippen molar-refractivity contribution in [1.29, 1.82) is 0 Å². The fourth-order valence-corrected chi connectivity index (χ4v) is 2.59. The van der Waals surface area contributed by atoms with E-state index in [1.54, 1.807) is 24.3 Å². The molecule has 0 saturated heterocycles. The van der Waals surface area contributed by atoms with E-state index in [0.29, 0.717) is 11.5 Å². The lowest BCUT2D eigenvalue weighted by Gasteiger charge is -2.10. The number of carbonyl (C=O) groups is 1. The van der Waals surface area contributed by atoms with Gasteiger partial charge in [-0.15, -0.1) is 0 Å². The normalized spacial score (nSPS) is 11.7. The molecule has 3 N–H and O–H groups in total. The molecule has 0 saturated carbocycles. The zero-order valence-corrected chi connectivity index (χ0v) is 14.7. The van der Waals surface area contributed by atoms with Gasteiger partial charge in [-0.25, -0.2) is 9.97 Å². The quantitative estimate of drug-likeness (QED) is 0.398. The molecule has 0 radical (unpaired) electrons. The van der Waals surface area contributed by atoms with E-state index in [1.807, 2.05) is 0 Å². The van der Waals surface area contributed by atoms with Crippen molar-refractivity contribution in [2.24, 2.45) is 0 Å². The van der Waals surface area contributed by atoms with E-state index in [0.717, 1.165) is 11.9 Å². The van der Waals surface area contributed by atoms with E-state index in [4.69, 9.17) is 13.9 Å². The van der Waals surface area contributed by atoms with Crippen molar-refractivity contribution >= 4 is 23.2 Å². The van der Waals surface area contributed by atoms with Crippen LogP contribution in [0.1, 0.15) is 16.1 Å². The lowest BCUT2D eigenvalue weighted by Crippen LogP contribution is -2.30. The average Bonchev–Trinajstić information content (AvgIpc) is 3.41. The first-order chi connectivity index (χ1) is 14.1. The minimum absolute atomic E-state index is 0.0163. The summed E-state index contributed by atoms with van der Waals surface area (Å²) in [6, 6.07) is 8.32. The van der Waals surface area contributed by atoms with Gasteiger partial charge in [0.1, 0.15) is 6.33 Å². The topological polar surface area (TPSA) is 154 Å². The van der Waals surface area contributed by atoms with Crippen LogP contribution in [0, 0.1) is 10.1 Å². The molecular formula is C17H14N6O6. The largest absolute Gasteiger partial charge is 0.459 e. The first-order valence-electron chi connectivity index (χ1n) is 8.33. The third-order valence-corrected chi connectivity index (χ3v) is 3.94. The number of furan rings is 1.